The highest BCUT2D eigenvalue weighted by Gasteiger charge is 2.18. The van der Waals surface area contributed by atoms with E-state index in [9.17, 15) is 9.90 Å². The largest absolute Gasteiger partial charge is 0.508 e. The molecular weight excluding hydrogens is 328 g/mol. The van der Waals surface area contributed by atoms with E-state index in [0.29, 0.717) is 18.3 Å². The molecule has 1 aromatic carbocycles. The van der Waals surface area contributed by atoms with Crippen molar-refractivity contribution < 1.29 is 9.90 Å². The minimum absolute atomic E-state index is 0.119. The van der Waals surface area contributed by atoms with Crippen molar-refractivity contribution >= 4 is 11.9 Å². The van der Waals surface area contributed by atoms with E-state index < -0.39 is 0 Å². The van der Waals surface area contributed by atoms with E-state index in [4.69, 9.17) is 0 Å². The summed E-state index contributed by atoms with van der Waals surface area (Å²) in [7, 11) is 0. The molecule has 1 saturated heterocycles. The number of phenols is 1. The van der Waals surface area contributed by atoms with Crippen molar-refractivity contribution in [1.82, 2.24) is 15.5 Å². The molecule has 142 valence electrons. The quantitative estimate of drug-likeness (QED) is 0.555. The van der Waals surface area contributed by atoms with Gasteiger partial charge in [-0.3, -0.25) is 4.79 Å². The SMILES string of the molecule is CCNC(=NCc1c(O)ccc2c1CCCC2)NCC(=O)N1CCCC1. The van der Waals surface area contributed by atoms with Crippen molar-refractivity contribution in [2.75, 3.05) is 26.2 Å². The van der Waals surface area contributed by atoms with Crippen LogP contribution >= 0.6 is 0 Å². The molecule has 1 aliphatic carbocycles. The van der Waals surface area contributed by atoms with Crippen LogP contribution in [0.5, 0.6) is 5.75 Å². The fraction of sp³-hybridized carbons (Fsp3) is 0.600. The van der Waals surface area contributed by atoms with Crippen LogP contribution in [0.25, 0.3) is 0 Å². The molecule has 1 aromatic rings. The minimum atomic E-state index is 0.119. The van der Waals surface area contributed by atoms with Crippen LogP contribution in [0.1, 0.15) is 49.3 Å². The van der Waals surface area contributed by atoms with Crippen molar-refractivity contribution in [2.45, 2.75) is 52.0 Å². The molecule has 1 heterocycles. The van der Waals surface area contributed by atoms with Gasteiger partial charge in [0, 0.05) is 25.2 Å². The highest BCUT2D eigenvalue weighted by Crippen LogP contribution is 2.31. The molecule has 0 bridgehead atoms. The smallest absolute Gasteiger partial charge is 0.241 e. The van der Waals surface area contributed by atoms with Crippen molar-refractivity contribution in [3.63, 3.8) is 0 Å². The Bertz CT molecular complexity index is 666. The number of hydrogen-bond donors (Lipinski definition) is 3. The van der Waals surface area contributed by atoms with Crippen molar-refractivity contribution in [2.24, 2.45) is 4.99 Å². The Hall–Kier alpha value is -2.24. The van der Waals surface area contributed by atoms with Crippen LogP contribution in [0.15, 0.2) is 17.1 Å². The number of aromatic hydroxyl groups is 1. The van der Waals surface area contributed by atoms with Crippen molar-refractivity contribution in [1.29, 1.82) is 0 Å². The second-order valence-electron chi connectivity index (χ2n) is 7.04. The summed E-state index contributed by atoms with van der Waals surface area (Å²) >= 11 is 0. The number of amides is 1. The number of carbonyl (C=O) groups is 1. The van der Waals surface area contributed by atoms with Gasteiger partial charge in [0.15, 0.2) is 5.96 Å². The molecule has 0 unspecified atom stereocenters. The Kier molecular flexibility index (Phi) is 6.36. The first-order valence-electron chi connectivity index (χ1n) is 9.81. The minimum Gasteiger partial charge on any atom is -0.508 e. The Morgan fingerprint density at radius 1 is 1.15 bits per heavy atom. The summed E-state index contributed by atoms with van der Waals surface area (Å²) in [6.07, 6.45) is 6.65. The number of carbonyl (C=O) groups excluding carboxylic acids is 1. The molecule has 2 aliphatic rings. The second kappa shape index (κ2) is 8.92. The Morgan fingerprint density at radius 3 is 2.69 bits per heavy atom. The summed E-state index contributed by atoms with van der Waals surface area (Å²) in [6, 6.07) is 3.82. The first kappa shape index (κ1) is 18.5. The number of phenolic OH excluding ortho intramolecular Hbond substituents is 1. The molecule has 1 amide bonds. The Labute approximate surface area is 155 Å². The van der Waals surface area contributed by atoms with E-state index >= 15 is 0 Å². The molecular formula is C20H30N4O2. The molecule has 0 saturated carbocycles. The zero-order valence-electron chi connectivity index (χ0n) is 15.7. The summed E-state index contributed by atoms with van der Waals surface area (Å²) in [6.45, 7) is 5.12. The average Bonchev–Trinajstić information content (AvgIpc) is 3.19. The summed E-state index contributed by atoms with van der Waals surface area (Å²) in [5, 5.41) is 16.6. The third kappa shape index (κ3) is 4.48. The van der Waals surface area contributed by atoms with Crippen molar-refractivity contribution in [3.05, 3.63) is 28.8 Å². The molecule has 6 nitrogen and oxygen atoms in total. The average molecular weight is 358 g/mol. The first-order chi connectivity index (χ1) is 12.7. The molecule has 6 heteroatoms. The number of aryl methyl sites for hydroxylation is 1. The molecule has 1 fully saturated rings. The van der Waals surface area contributed by atoms with Gasteiger partial charge >= 0.3 is 0 Å². The molecule has 0 atom stereocenters. The highest BCUT2D eigenvalue weighted by atomic mass is 16.3. The molecule has 0 spiro atoms. The number of nitrogens with one attached hydrogen (secondary N) is 2. The number of rotatable bonds is 5. The fourth-order valence-electron chi connectivity index (χ4n) is 3.81. The van der Waals surface area contributed by atoms with Gasteiger partial charge in [-0.05, 0) is 62.6 Å². The van der Waals surface area contributed by atoms with Crippen molar-refractivity contribution in [3.8, 4) is 5.75 Å². The standard InChI is InChI=1S/C20H30N4O2/c1-2-21-20(23-14-19(26)24-11-5-6-12-24)22-13-17-16-8-4-3-7-15(16)9-10-18(17)25/h9-10,25H,2-8,11-14H2,1H3,(H2,21,22,23). The number of benzene rings is 1. The molecule has 0 radical (unpaired) electrons. The topological polar surface area (TPSA) is 77.0 Å². The van der Waals surface area contributed by atoms with E-state index in [0.717, 1.165) is 57.3 Å². The Morgan fingerprint density at radius 2 is 1.92 bits per heavy atom. The van der Waals surface area contributed by atoms with Crippen LogP contribution in [0.3, 0.4) is 0 Å². The zero-order valence-corrected chi connectivity index (χ0v) is 15.7. The van der Waals surface area contributed by atoms with Gasteiger partial charge in [0.2, 0.25) is 5.91 Å². The maximum absolute atomic E-state index is 12.2. The predicted molar refractivity (Wildman–Crippen MR) is 103 cm³/mol. The summed E-state index contributed by atoms with van der Waals surface area (Å²) in [5.41, 5.74) is 3.51. The molecule has 3 N–H and O–H groups in total. The van der Waals surface area contributed by atoms with Gasteiger partial charge in [-0.25, -0.2) is 4.99 Å². The van der Waals surface area contributed by atoms with E-state index in [1.807, 2.05) is 17.9 Å². The summed E-state index contributed by atoms with van der Waals surface area (Å²) in [5.74, 6) is 1.05. The van der Waals surface area contributed by atoms with Crippen LogP contribution in [0.2, 0.25) is 0 Å². The van der Waals surface area contributed by atoms with E-state index in [-0.39, 0.29) is 12.5 Å². The van der Waals surface area contributed by atoms with E-state index in [2.05, 4.69) is 15.6 Å². The number of likely N-dealkylation sites (tertiary alicyclic amines) is 1. The number of aliphatic imine (C=N–C) groups is 1. The van der Waals surface area contributed by atoms with Crippen LogP contribution in [-0.4, -0.2) is 48.1 Å². The van der Waals surface area contributed by atoms with Crippen LogP contribution in [-0.2, 0) is 24.2 Å². The van der Waals surface area contributed by atoms with Gasteiger partial charge in [-0.15, -0.1) is 0 Å². The number of nitrogens with zero attached hydrogens (tertiary/aromatic N) is 2. The summed E-state index contributed by atoms with van der Waals surface area (Å²) in [4.78, 5) is 18.7. The number of fused-ring (bicyclic) bond motifs is 1. The predicted octanol–water partition coefficient (Wildman–Crippen LogP) is 1.95. The number of hydrogen-bond acceptors (Lipinski definition) is 3. The van der Waals surface area contributed by atoms with Gasteiger partial charge in [0.25, 0.3) is 0 Å². The van der Waals surface area contributed by atoms with Gasteiger partial charge in [-0.2, -0.15) is 0 Å². The van der Waals surface area contributed by atoms with E-state index in [1.54, 1.807) is 6.07 Å². The third-order valence-electron chi connectivity index (χ3n) is 5.23. The Balaban J connectivity index is 1.66. The lowest BCUT2D eigenvalue weighted by atomic mass is 9.88. The molecule has 3 rings (SSSR count). The maximum Gasteiger partial charge on any atom is 0.241 e. The van der Waals surface area contributed by atoms with E-state index in [1.165, 1.54) is 17.5 Å². The monoisotopic (exact) mass is 358 g/mol. The third-order valence-corrected chi connectivity index (χ3v) is 5.23. The lowest BCUT2D eigenvalue weighted by Crippen LogP contribution is -2.44. The second-order valence-corrected chi connectivity index (χ2v) is 7.04. The molecule has 0 aromatic heterocycles. The lowest BCUT2D eigenvalue weighted by Gasteiger charge is -2.20. The van der Waals surface area contributed by atoms with Gasteiger partial charge < -0.3 is 20.6 Å². The molecule has 1 aliphatic heterocycles. The van der Waals surface area contributed by atoms with Crippen LogP contribution < -0.4 is 10.6 Å². The van der Waals surface area contributed by atoms with Crippen LogP contribution in [0, 0.1) is 0 Å². The normalized spacial score (nSPS) is 17.1. The van der Waals surface area contributed by atoms with Gasteiger partial charge in [0.1, 0.15) is 5.75 Å². The molecule has 26 heavy (non-hydrogen) atoms. The van der Waals surface area contributed by atoms with Gasteiger partial charge in [-0.1, -0.05) is 6.07 Å². The number of guanidine groups is 1. The van der Waals surface area contributed by atoms with Gasteiger partial charge in [0.05, 0.1) is 13.1 Å². The fourth-order valence-corrected chi connectivity index (χ4v) is 3.81. The maximum atomic E-state index is 12.2. The summed E-state index contributed by atoms with van der Waals surface area (Å²) < 4.78 is 0. The van der Waals surface area contributed by atoms with Crippen LogP contribution in [0.4, 0.5) is 0 Å². The highest BCUT2D eigenvalue weighted by molar-refractivity contribution is 5.86. The zero-order chi connectivity index (χ0) is 18.4. The first-order valence-corrected chi connectivity index (χ1v) is 9.81. The lowest BCUT2D eigenvalue weighted by molar-refractivity contribution is -0.128.